The number of ether oxygens (including phenoxy) is 2. The number of nitrogens with zero attached hydrogens (tertiary/aromatic N) is 1. The minimum Gasteiger partial charge on any atom is -0.462 e. The Labute approximate surface area is 455 Å². The van der Waals surface area contributed by atoms with Crippen LogP contribution in [0, 0.1) is 0 Å². The first-order valence-corrected chi connectivity index (χ1v) is 31.1. The van der Waals surface area contributed by atoms with E-state index in [1.165, 1.54) is 116 Å². The van der Waals surface area contributed by atoms with E-state index in [-0.39, 0.29) is 32.0 Å². The number of carbonyl (C=O) groups excluding carboxylic acids is 2. The number of unbranched alkanes of at least 4 members (excludes halogenated alkanes) is 21. The van der Waals surface area contributed by atoms with Crippen LogP contribution in [0.5, 0.6) is 0 Å². The Morgan fingerprint density at radius 3 is 1.12 bits per heavy atom. The highest BCUT2D eigenvalue weighted by Gasteiger charge is 2.27. The monoisotopic (exact) mass is 1050 g/mol. The fraction of sp³-hybridized carbons (Fsp3) is 0.688. The van der Waals surface area contributed by atoms with Gasteiger partial charge in [0, 0.05) is 12.8 Å². The van der Waals surface area contributed by atoms with Gasteiger partial charge in [0.2, 0.25) is 0 Å². The smallest absolute Gasteiger partial charge is 0.462 e. The highest BCUT2D eigenvalue weighted by atomic mass is 31.2. The molecule has 0 aromatic rings. The van der Waals surface area contributed by atoms with Crippen LogP contribution in [0.4, 0.5) is 0 Å². The van der Waals surface area contributed by atoms with Gasteiger partial charge >= 0.3 is 19.8 Å². The lowest BCUT2D eigenvalue weighted by molar-refractivity contribution is -0.870. The molecule has 0 aromatic heterocycles. The van der Waals surface area contributed by atoms with Gasteiger partial charge in [-0.25, -0.2) is 4.57 Å². The molecule has 424 valence electrons. The Morgan fingerprint density at radius 1 is 0.419 bits per heavy atom. The molecule has 0 aliphatic carbocycles. The number of likely N-dealkylation sites (N-methyl/N-ethyl adjacent to an activating group) is 1. The van der Waals surface area contributed by atoms with E-state index in [0.29, 0.717) is 23.9 Å². The Hall–Kier alpha value is -3.33. The minimum absolute atomic E-state index is 0.0171. The van der Waals surface area contributed by atoms with Gasteiger partial charge in [-0.3, -0.25) is 18.6 Å². The maximum Gasteiger partial charge on any atom is 0.472 e. The number of quaternary nitrogens is 1. The first kappa shape index (κ1) is 70.7. The summed E-state index contributed by atoms with van der Waals surface area (Å²) < 4.78 is 34.5. The third-order valence-electron chi connectivity index (χ3n) is 12.3. The van der Waals surface area contributed by atoms with E-state index in [4.69, 9.17) is 18.5 Å². The van der Waals surface area contributed by atoms with Crippen molar-refractivity contribution in [1.82, 2.24) is 0 Å². The van der Waals surface area contributed by atoms with Crippen LogP contribution in [0.25, 0.3) is 0 Å². The van der Waals surface area contributed by atoms with Crippen molar-refractivity contribution >= 4 is 19.8 Å². The van der Waals surface area contributed by atoms with Crippen LogP contribution in [-0.2, 0) is 32.7 Å². The van der Waals surface area contributed by atoms with Crippen molar-refractivity contribution in [1.29, 1.82) is 0 Å². The summed E-state index contributed by atoms with van der Waals surface area (Å²) in [7, 11) is 1.43. The lowest BCUT2D eigenvalue weighted by atomic mass is 10.0. The third kappa shape index (κ3) is 57.9. The van der Waals surface area contributed by atoms with E-state index in [1.807, 2.05) is 27.2 Å². The summed E-state index contributed by atoms with van der Waals surface area (Å²) in [6, 6.07) is 0. The number of carbonyl (C=O) groups is 2. The second-order valence-electron chi connectivity index (χ2n) is 20.6. The molecule has 2 atom stereocenters. The highest BCUT2D eigenvalue weighted by molar-refractivity contribution is 7.47. The molecule has 9 nitrogen and oxygen atoms in total. The number of phosphoric ester groups is 1. The van der Waals surface area contributed by atoms with Crippen LogP contribution in [0.15, 0.2) is 109 Å². The zero-order chi connectivity index (χ0) is 54.2. The summed E-state index contributed by atoms with van der Waals surface area (Å²) in [5.74, 6) is -0.866. The van der Waals surface area contributed by atoms with Gasteiger partial charge in [-0.15, -0.1) is 0 Å². The summed E-state index contributed by atoms with van der Waals surface area (Å²) in [5.41, 5.74) is 0. The maximum atomic E-state index is 12.8. The zero-order valence-electron chi connectivity index (χ0n) is 48.0. The lowest BCUT2D eigenvalue weighted by Crippen LogP contribution is -2.37. The summed E-state index contributed by atoms with van der Waals surface area (Å²) in [6.07, 6.45) is 76.2. The molecule has 10 heteroatoms. The Kier molecular flexibility index (Phi) is 52.0. The van der Waals surface area contributed by atoms with Crippen molar-refractivity contribution < 1.29 is 42.1 Å². The van der Waals surface area contributed by atoms with Crippen LogP contribution in [-0.4, -0.2) is 74.9 Å². The number of rotatable bonds is 53. The van der Waals surface area contributed by atoms with Crippen molar-refractivity contribution in [2.75, 3.05) is 47.5 Å². The fourth-order valence-electron chi connectivity index (χ4n) is 7.81. The second-order valence-corrected chi connectivity index (χ2v) is 22.1. The first-order valence-electron chi connectivity index (χ1n) is 29.6. The average molecular weight is 1050 g/mol. The van der Waals surface area contributed by atoms with Crippen LogP contribution in [0.3, 0.4) is 0 Å². The molecular weight excluding hydrogens is 942 g/mol. The summed E-state index contributed by atoms with van der Waals surface area (Å²) >= 11 is 0. The molecule has 0 amide bonds. The fourth-order valence-corrected chi connectivity index (χ4v) is 8.55. The van der Waals surface area contributed by atoms with E-state index < -0.39 is 26.5 Å². The molecule has 0 aliphatic heterocycles. The van der Waals surface area contributed by atoms with Gasteiger partial charge in [-0.2, -0.15) is 0 Å². The van der Waals surface area contributed by atoms with E-state index in [9.17, 15) is 19.0 Å². The molecule has 0 saturated heterocycles. The van der Waals surface area contributed by atoms with Crippen molar-refractivity contribution in [3.8, 4) is 0 Å². The van der Waals surface area contributed by atoms with Gasteiger partial charge in [-0.05, 0) is 89.9 Å². The molecule has 0 fully saturated rings. The Balaban J connectivity index is 4.08. The van der Waals surface area contributed by atoms with E-state index in [1.54, 1.807) is 0 Å². The number of esters is 2. The number of phosphoric acid groups is 1. The van der Waals surface area contributed by atoms with Crippen LogP contribution < -0.4 is 0 Å². The summed E-state index contributed by atoms with van der Waals surface area (Å²) in [5, 5.41) is 0. The topological polar surface area (TPSA) is 108 Å². The molecule has 0 saturated carbocycles. The molecule has 2 unspecified atom stereocenters. The molecule has 0 spiro atoms. The van der Waals surface area contributed by atoms with E-state index >= 15 is 0 Å². The molecule has 0 heterocycles. The normalized spacial score (nSPS) is 14.1. The number of hydrogen-bond acceptors (Lipinski definition) is 7. The van der Waals surface area contributed by atoms with Gasteiger partial charge in [0.15, 0.2) is 6.10 Å². The lowest BCUT2D eigenvalue weighted by Gasteiger charge is -2.24. The number of allylic oxidation sites excluding steroid dienone is 18. The molecule has 0 bridgehead atoms. The van der Waals surface area contributed by atoms with Gasteiger partial charge < -0.3 is 18.9 Å². The maximum absolute atomic E-state index is 12.8. The molecule has 0 aliphatic rings. The SMILES string of the molecule is CC/C=C\C/C=C\C/C=C\C/C=C\C/C=C\CCCC(=O)OC(COC(=O)CCCCCCCCCCCCCCCCCCCCCC/C=C\C/C=C\C/C=C\C/C=C\CC)COP(=O)(O)OCC[N+](C)(C)C. The Bertz CT molecular complexity index is 1620. The van der Waals surface area contributed by atoms with Gasteiger partial charge in [0.1, 0.15) is 19.8 Å². The number of hydrogen-bond donors (Lipinski definition) is 1. The average Bonchev–Trinajstić information content (AvgIpc) is 3.36. The summed E-state index contributed by atoms with van der Waals surface area (Å²) in [4.78, 5) is 35.6. The molecule has 0 radical (unpaired) electrons. The molecular formula is C64H111NO8P+. The third-order valence-corrected chi connectivity index (χ3v) is 13.3. The van der Waals surface area contributed by atoms with Crippen molar-refractivity contribution in [2.24, 2.45) is 0 Å². The van der Waals surface area contributed by atoms with Gasteiger partial charge in [-0.1, -0.05) is 239 Å². The van der Waals surface area contributed by atoms with E-state index in [2.05, 4.69) is 117 Å². The first-order chi connectivity index (χ1) is 36.0. The predicted molar refractivity (Wildman–Crippen MR) is 316 cm³/mol. The van der Waals surface area contributed by atoms with Crippen LogP contribution in [0.1, 0.15) is 232 Å². The standard InChI is InChI=1S/C64H110NO8P/c1-6-8-10-12-14-16-18-20-22-24-25-26-27-28-29-30-31-32-33-34-35-36-37-38-39-41-42-44-46-48-50-52-54-56-63(66)70-60-62(61-72-74(68,69)71-59-58-65(3,4)5)73-64(67)57-55-53-51-49-47-45-43-40-23-21-19-17-15-13-11-9-7-2/h8-11,14-17,20-23,25-26,43,45,49,51,62H,6-7,12-13,18-19,24,27-42,44,46-48,50,52-61H2,1-5H3/p+1/b10-8-,11-9-,16-14-,17-15-,22-20-,23-21-,26-25-,45-43-,51-49-. The molecule has 74 heavy (non-hydrogen) atoms. The van der Waals surface area contributed by atoms with Crippen LogP contribution in [0.2, 0.25) is 0 Å². The van der Waals surface area contributed by atoms with Gasteiger partial charge in [0.25, 0.3) is 0 Å². The molecule has 0 aromatic carbocycles. The van der Waals surface area contributed by atoms with Crippen molar-refractivity contribution in [3.05, 3.63) is 109 Å². The van der Waals surface area contributed by atoms with E-state index in [0.717, 1.165) is 77.0 Å². The Morgan fingerprint density at radius 2 is 0.743 bits per heavy atom. The molecule has 0 rings (SSSR count). The second kappa shape index (κ2) is 54.5. The largest absolute Gasteiger partial charge is 0.472 e. The zero-order valence-corrected chi connectivity index (χ0v) is 48.9. The van der Waals surface area contributed by atoms with Crippen molar-refractivity contribution in [2.45, 2.75) is 238 Å². The van der Waals surface area contributed by atoms with Crippen LogP contribution >= 0.6 is 7.82 Å². The van der Waals surface area contributed by atoms with Gasteiger partial charge in [0.05, 0.1) is 27.7 Å². The van der Waals surface area contributed by atoms with Crippen molar-refractivity contribution in [3.63, 3.8) is 0 Å². The predicted octanol–water partition coefficient (Wildman–Crippen LogP) is 18.6. The molecule has 1 N–H and O–H groups in total. The quantitative estimate of drug-likeness (QED) is 0.0211. The summed E-state index contributed by atoms with van der Waals surface area (Å²) in [6.45, 7) is 4.14. The minimum atomic E-state index is -4.40. The highest BCUT2D eigenvalue weighted by Crippen LogP contribution is 2.43.